The highest BCUT2D eigenvalue weighted by Gasteiger charge is 2.53. The van der Waals surface area contributed by atoms with Gasteiger partial charge in [-0.3, -0.25) is 0 Å². The third-order valence-corrected chi connectivity index (χ3v) is 3.38. The van der Waals surface area contributed by atoms with Crippen LogP contribution >= 0.6 is 11.6 Å². The SMILES string of the molecule is CCCC1CC1(O)c1ccccc1Cl. The van der Waals surface area contributed by atoms with Gasteiger partial charge in [-0.1, -0.05) is 43.1 Å². The first kappa shape index (κ1) is 10.0. The first-order valence-corrected chi connectivity index (χ1v) is 5.53. The Hall–Kier alpha value is -0.530. The molecule has 1 saturated carbocycles. The van der Waals surface area contributed by atoms with Crippen molar-refractivity contribution in [3.8, 4) is 0 Å². The molecule has 0 radical (unpaired) electrons. The standard InChI is InChI=1S/C12H15ClO/c1-2-5-9-8-12(9,14)10-6-3-4-7-11(10)13/h3-4,6-7,9,14H,2,5,8H2,1H3. The average Bonchev–Trinajstić information content (AvgIpc) is 2.79. The summed E-state index contributed by atoms with van der Waals surface area (Å²) in [4.78, 5) is 0. The molecule has 2 rings (SSSR count). The zero-order valence-corrected chi connectivity index (χ0v) is 9.09. The zero-order chi connectivity index (χ0) is 10.2. The maximum Gasteiger partial charge on any atom is 0.0943 e. The van der Waals surface area contributed by atoms with Crippen molar-refractivity contribution in [3.05, 3.63) is 34.9 Å². The van der Waals surface area contributed by atoms with Crippen molar-refractivity contribution in [3.63, 3.8) is 0 Å². The van der Waals surface area contributed by atoms with Gasteiger partial charge in [0.25, 0.3) is 0 Å². The minimum absolute atomic E-state index is 0.410. The Bertz CT molecular complexity index is 337. The van der Waals surface area contributed by atoms with Crippen molar-refractivity contribution in [2.45, 2.75) is 31.8 Å². The molecule has 1 aliphatic rings. The van der Waals surface area contributed by atoms with Gasteiger partial charge in [0.15, 0.2) is 0 Å². The van der Waals surface area contributed by atoms with E-state index in [1.54, 1.807) is 0 Å². The summed E-state index contributed by atoms with van der Waals surface area (Å²) in [5, 5.41) is 11.0. The van der Waals surface area contributed by atoms with E-state index in [0.29, 0.717) is 10.9 Å². The van der Waals surface area contributed by atoms with Crippen LogP contribution in [0.4, 0.5) is 0 Å². The fraction of sp³-hybridized carbons (Fsp3) is 0.500. The van der Waals surface area contributed by atoms with Crippen LogP contribution in [-0.2, 0) is 5.60 Å². The van der Waals surface area contributed by atoms with Crippen LogP contribution in [0.3, 0.4) is 0 Å². The summed E-state index contributed by atoms with van der Waals surface area (Å²) in [6.07, 6.45) is 3.07. The lowest BCUT2D eigenvalue weighted by Crippen LogP contribution is -2.09. The molecule has 0 saturated heterocycles. The van der Waals surface area contributed by atoms with Crippen molar-refractivity contribution in [1.82, 2.24) is 0 Å². The summed E-state index contributed by atoms with van der Waals surface area (Å²) in [6, 6.07) is 7.60. The van der Waals surface area contributed by atoms with E-state index in [4.69, 9.17) is 11.6 Å². The number of benzene rings is 1. The van der Waals surface area contributed by atoms with Gasteiger partial charge < -0.3 is 5.11 Å². The Balaban J connectivity index is 2.21. The monoisotopic (exact) mass is 210 g/mol. The van der Waals surface area contributed by atoms with Gasteiger partial charge in [0.2, 0.25) is 0 Å². The van der Waals surface area contributed by atoms with E-state index in [1.165, 1.54) is 0 Å². The Morgan fingerprint density at radius 3 is 2.86 bits per heavy atom. The molecule has 0 heterocycles. The summed E-state index contributed by atoms with van der Waals surface area (Å²) < 4.78 is 0. The number of hydrogen-bond donors (Lipinski definition) is 1. The molecule has 2 unspecified atom stereocenters. The summed E-state index contributed by atoms with van der Waals surface area (Å²) in [5.74, 6) is 0.410. The first-order chi connectivity index (χ1) is 6.68. The minimum atomic E-state index is -0.631. The van der Waals surface area contributed by atoms with Crippen molar-refractivity contribution >= 4 is 11.6 Å². The maximum atomic E-state index is 10.3. The molecule has 1 aromatic rings. The predicted octanol–water partition coefficient (Wildman–Crippen LogP) is 3.35. The van der Waals surface area contributed by atoms with Crippen LogP contribution in [0, 0.1) is 5.92 Å². The van der Waals surface area contributed by atoms with Gasteiger partial charge in [-0.25, -0.2) is 0 Å². The molecule has 0 aliphatic heterocycles. The van der Waals surface area contributed by atoms with E-state index in [1.807, 2.05) is 24.3 Å². The molecule has 0 spiro atoms. The Labute approximate surface area is 89.7 Å². The molecule has 1 nitrogen and oxygen atoms in total. The van der Waals surface area contributed by atoms with E-state index >= 15 is 0 Å². The normalized spacial score (nSPS) is 30.4. The predicted molar refractivity (Wildman–Crippen MR) is 58.4 cm³/mol. The van der Waals surface area contributed by atoms with Crippen LogP contribution in [0.15, 0.2) is 24.3 Å². The van der Waals surface area contributed by atoms with Gasteiger partial charge in [0.1, 0.15) is 0 Å². The topological polar surface area (TPSA) is 20.2 Å². The van der Waals surface area contributed by atoms with E-state index in [2.05, 4.69) is 6.92 Å². The molecule has 1 aromatic carbocycles. The number of halogens is 1. The molecule has 1 N–H and O–H groups in total. The lowest BCUT2D eigenvalue weighted by Gasteiger charge is -2.12. The lowest BCUT2D eigenvalue weighted by molar-refractivity contribution is 0.129. The van der Waals surface area contributed by atoms with Crippen LogP contribution in [-0.4, -0.2) is 5.11 Å². The third-order valence-electron chi connectivity index (χ3n) is 3.05. The third kappa shape index (κ3) is 1.55. The summed E-state index contributed by atoms with van der Waals surface area (Å²) >= 11 is 6.05. The van der Waals surface area contributed by atoms with Crippen LogP contribution in [0.2, 0.25) is 5.02 Å². The second-order valence-corrected chi connectivity index (χ2v) is 4.50. The Morgan fingerprint density at radius 1 is 1.50 bits per heavy atom. The summed E-state index contributed by atoms with van der Waals surface area (Å²) in [7, 11) is 0. The highest BCUT2D eigenvalue weighted by Crippen LogP contribution is 2.55. The van der Waals surface area contributed by atoms with Gasteiger partial charge in [0, 0.05) is 10.6 Å². The summed E-state index contributed by atoms with van der Waals surface area (Å²) in [6.45, 7) is 2.14. The molecule has 1 fully saturated rings. The molecule has 14 heavy (non-hydrogen) atoms. The highest BCUT2D eigenvalue weighted by atomic mass is 35.5. The molecule has 1 aliphatic carbocycles. The second-order valence-electron chi connectivity index (χ2n) is 4.09. The first-order valence-electron chi connectivity index (χ1n) is 5.16. The molecule has 2 atom stereocenters. The number of aliphatic hydroxyl groups is 1. The van der Waals surface area contributed by atoms with Gasteiger partial charge in [-0.05, 0) is 24.8 Å². The molecule has 0 aromatic heterocycles. The fourth-order valence-electron chi connectivity index (χ4n) is 2.15. The molecular formula is C12H15ClO. The molecule has 2 heteroatoms. The van der Waals surface area contributed by atoms with Crippen LogP contribution in [0.1, 0.15) is 31.7 Å². The van der Waals surface area contributed by atoms with Crippen molar-refractivity contribution in [2.24, 2.45) is 5.92 Å². The Kier molecular flexibility index (Phi) is 2.54. The van der Waals surface area contributed by atoms with Gasteiger partial charge >= 0.3 is 0 Å². The number of rotatable bonds is 3. The smallest absolute Gasteiger partial charge is 0.0943 e. The minimum Gasteiger partial charge on any atom is -0.385 e. The molecule has 0 bridgehead atoms. The van der Waals surface area contributed by atoms with Crippen LogP contribution < -0.4 is 0 Å². The van der Waals surface area contributed by atoms with Crippen LogP contribution in [0.25, 0.3) is 0 Å². The van der Waals surface area contributed by atoms with Gasteiger partial charge in [0.05, 0.1) is 5.60 Å². The van der Waals surface area contributed by atoms with E-state index in [9.17, 15) is 5.11 Å². The fourth-order valence-corrected chi connectivity index (χ4v) is 2.45. The van der Waals surface area contributed by atoms with Crippen molar-refractivity contribution in [1.29, 1.82) is 0 Å². The van der Waals surface area contributed by atoms with E-state index < -0.39 is 5.60 Å². The average molecular weight is 211 g/mol. The van der Waals surface area contributed by atoms with Crippen molar-refractivity contribution < 1.29 is 5.11 Å². The lowest BCUT2D eigenvalue weighted by atomic mass is 10.0. The van der Waals surface area contributed by atoms with Gasteiger partial charge in [-0.2, -0.15) is 0 Å². The highest BCUT2D eigenvalue weighted by molar-refractivity contribution is 6.31. The van der Waals surface area contributed by atoms with Gasteiger partial charge in [-0.15, -0.1) is 0 Å². The largest absolute Gasteiger partial charge is 0.385 e. The quantitative estimate of drug-likeness (QED) is 0.812. The molecule has 0 amide bonds. The zero-order valence-electron chi connectivity index (χ0n) is 8.33. The van der Waals surface area contributed by atoms with E-state index in [-0.39, 0.29) is 0 Å². The Morgan fingerprint density at radius 2 is 2.21 bits per heavy atom. The summed E-state index contributed by atoms with van der Waals surface area (Å²) in [5.41, 5.74) is 0.272. The second kappa shape index (κ2) is 3.56. The molecular weight excluding hydrogens is 196 g/mol. The molecule has 76 valence electrons. The van der Waals surface area contributed by atoms with E-state index in [0.717, 1.165) is 24.8 Å². The maximum absolute atomic E-state index is 10.3. The number of hydrogen-bond acceptors (Lipinski definition) is 1. The van der Waals surface area contributed by atoms with Crippen LogP contribution in [0.5, 0.6) is 0 Å². The van der Waals surface area contributed by atoms with Crippen molar-refractivity contribution in [2.75, 3.05) is 0 Å².